The van der Waals surface area contributed by atoms with Gasteiger partial charge < -0.3 is 20.5 Å². The van der Waals surface area contributed by atoms with Crippen molar-refractivity contribution in [1.82, 2.24) is 15.5 Å². The molecular formula is C22H28ClN3O3. The predicted octanol–water partition coefficient (Wildman–Crippen LogP) is 3.13. The molecule has 2 fully saturated rings. The second-order valence-electron chi connectivity index (χ2n) is 7.74. The van der Waals surface area contributed by atoms with Crippen molar-refractivity contribution >= 4 is 18.4 Å². The molecule has 3 N–H and O–H groups in total. The molecule has 0 amide bonds. The molecule has 0 radical (unpaired) electrons. The lowest BCUT2D eigenvalue weighted by molar-refractivity contribution is 0.0697. The summed E-state index contributed by atoms with van der Waals surface area (Å²) in [6, 6.07) is 14.6. The van der Waals surface area contributed by atoms with Crippen molar-refractivity contribution in [2.75, 3.05) is 32.7 Å². The minimum atomic E-state index is -0.935. The molecule has 0 unspecified atom stereocenters. The predicted molar refractivity (Wildman–Crippen MR) is 115 cm³/mol. The molecule has 2 saturated heterocycles. The Morgan fingerprint density at radius 1 is 1.00 bits per heavy atom. The van der Waals surface area contributed by atoms with E-state index in [2.05, 4.69) is 27.7 Å². The van der Waals surface area contributed by atoms with Crippen molar-refractivity contribution in [2.24, 2.45) is 0 Å². The maximum absolute atomic E-state index is 10.9. The fourth-order valence-electron chi connectivity index (χ4n) is 4.02. The number of nitrogens with zero attached hydrogens (tertiary/aromatic N) is 1. The number of carboxylic acids is 1. The Labute approximate surface area is 177 Å². The van der Waals surface area contributed by atoms with Crippen molar-refractivity contribution in [3.63, 3.8) is 0 Å². The van der Waals surface area contributed by atoms with Crippen LogP contribution in [0.2, 0.25) is 0 Å². The van der Waals surface area contributed by atoms with Crippen LogP contribution in [-0.4, -0.2) is 54.2 Å². The van der Waals surface area contributed by atoms with E-state index in [4.69, 9.17) is 9.84 Å². The Bertz CT molecular complexity index is 795. The molecule has 0 bridgehead atoms. The number of carbonyl (C=O) groups is 1. The van der Waals surface area contributed by atoms with Crippen LogP contribution >= 0.6 is 12.4 Å². The number of benzene rings is 2. The third kappa shape index (κ3) is 5.48. The number of hydrogen-bond acceptors (Lipinski definition) is 5. The highest BCUT2D eigenvalue weighted by Crippen LogP contribution is 2.26. The second kappa shape index (κ2) is 9.59. The highest BCUT2D eigenvalue weighted by Gasteiger charge is 2.35. The molecule has 2 heterocycles. The van der Waals surface area contributed by atoms with Crippen LogP contribution in [0, 0.1) is 0 Å². The van der Waals surface area contributed by atoms with Gasteiger partial charge in [-0.15, -0.1) is 12.4 Å². The number of hydrogen-bond donors (Lipinski definition) is 3. The maximum atomic E-state index is 10.9. The first-order valence-electron chi connectivity index (χ1n) is 9.90. The van der Waals surface area contributed by atoms with Gasteiger partial charge in [-0.1, -0.05) is 12.1 Å². The molecule has 4 rings (SSSR count). The molecule has 0 aliphatic carbocycles. The molecule has 7 heteroatoms. The zero-order valence-corrected chi connectivity index (χ0v) is 17.2. The molecule has 29 heavy (non-hydrogen) atoms. The van der Waals surface area contributed by atoms with Gasteiger partial charge in [0.25, 0.3) is 0 Å². The van der Waals surface area contributed by atoms with E-state index in [1.807, 2.05) is 12.1 Å². The van der Waals surface area contributed by atoms with Gasteiger partial charge in [-0.05, 0) is 54.8 Å². The summed E-state index contributed by atoms with van der Waals surface area (Å²) >= 11 is 0. The van der Waals surface area contributed by atoms with Crippen LogP contribution < -0.4 is 15.4 Å². The SMILES string of the molecule is Cl.O=C(O)c1ccc(Oc2ccc(CN3CCC4(CC3)CNCCN4)cc2)cc1. The smallest absolute Gasteiger partial charge is 0.335 e. The number of halogens is 1. The highest BCUT2D eigenvalue weighted by atomic mass is 35.5. The molecule has 0 atom stereocenters. The van der Waals surface area contributed by atoms with Crippen molar-refractivity contribution in [3.05, 3.63) is 59.7 Å². The van der Waals surface area contributed by atoms with Crippen molar-refractivity contribution in [1.29, 1.82) is 0 Å². The summed E-state index contributed by atoms with van der Waals surface area (Å²) in [5, 5.41) is 16.2. The summed E-state index contributed by atoms with van der Waals surface area (Å²) in [5.74, 6) is 0.449. The minimum absolute atomic E-state index is 0. The summed E-state index contributed by atoms with van der Waals surface area (Å²) < 4.78 is 5.81. The maximum Gasteiger partial charge on any atom is 0.335 e. The van der Waals surface area contributed by atoms with Gasteiger partial charge in [0.1, 0.15) is 11.5 Å². The quantitative estimate of drug-likeness (QED) is 0.694. The molecule has 2 aromatic rings. The molecule has 2 aliphatic heterocycles. The molecule has 1 spiro atoms. The molecule has 2 aromatic carbocycles. The largest absolute Gasteiger partial charge is 0.478 e. The lowest BCUT2D eigenvalue weighted by atomic mass is 9.86. The number of carboxylic acid groups (broad SMARTS) is 1. The number of likely N-dealkylation sites (tertiary alicyclic amines) is 1. The zero-order chi connectivity index (χ0) is 19.4. The Hall–Kier alpha value is -2.12. The standard InChI is InChI=1S/C22H27N3O3.ClH/c26-21(27)18-3-7-20(8-4-18)28-19-5-1-17(2-6-19)15-25-13-9-22(10-14-25)16-23-11-12-24-22;/h1-8,23-24H,9-16H2,(H,26,27);1H. The molecular weight excluding hydrogens is 390 g/mol. The van der Waals surface area contributed by atoms with E-state index in [-0.39, 0.29) is 18.0 Å². The van der Waals surface area contributed by atoms with E-state index >= 15 is 0 Å². The first-order valence-corrected chi connectivity index (χ1v) is 9.90. The van der Waals surface area contributed by atoms with Gasteiger partial charge in [0, 0.05) is 44.8 Å². The Balaban J connectivity index is 0.00000240. The van der Waals surface area contributed by atoms with Gasteiger partial charge in [-0.3, -0.25) is 4.90 Å². The summed E-state index contributed by atoms with van der Waals surface area (Å²) in [7, 11) is 0. The van der Waals surface area contributed by atoms with Gasteiger partial charge in [0.05, 0.1) is 5.56 Å². The van der Waals surface area contributed by atoms with Gasteiger partial charge in [0.15, 0.2) is 0 Å². The third-order valence-corrected chi connectivity index (χ3v) is 5.74. The second-order valence-corrected chi connectivity index (χ2v) is 7.74. The first kappa shape index (κ1) is 21.6. The van der Waals surface area contributed by atoms with E-state index in [0.29, 0.717) is 11.3 Å². The monoisotopic (exact) mass is 417 g/mol. The average Bonchev–Trinajstić information content (AvgIpc) is 2.72. The van der Waals surface area contributed by atoms with Gasteiger partial charge in [-0.2, -0.15) is 0 Å². The highest BCUT2D eigenvalue weighted by molar-refractivity contribution is 5.87. The van der Waals surface area contributed by atoms with E-state index in [1.165, 1.54) is 18.4 Å². The van der Waals surface area contributed by atoms with Crippen LogP contribution in [0.25, 0.3) is 0 Å². The van der Waals surface area contributed by atoms with Gasteiger partial charge in [0.2, 0.25) is 0 Å². The number of rotatable bonds is 5. The fourth-order valence-corrected chi connectivity index (χ4v) is 4.02. The Morgan fingerprint density at radius 3 is 2.17 bits per heavy atom. The molecule has 0 aromatic heterocycles. The van der Waals surface area contributed by atoms with E-state index in [9.17, 15) is 4.79 Å². The summed E-state index contributed by atoms with van der Waals surface area (Å²) in [6.45, 7) is 6.41. The average molecular weight is 418 g/mol. The van der Waals surface area contributed by atoms with Gasteiger partial charge >= 0.3 is 5.97 Å². The van der Waals surface area contributed by atoms with Crippen molar-refractivity contribution in [2.45, 2.75) is 24.9 Å². The first-order chi connectivity index (χ1) is 13.6. The topological polar surface area (TPSA) is 73.8 Å². The van der Waals surface area contributed by atoms with Gasteiger partial charge in [-0.25, -0.2) is 4.79 Å². The summed E-state index contributed by atoms with van der Waals surface area (Å²) in [6.07, 6.45) is 2.38. The molecule has 0 saturated carbocycles. The van der Waals surface area contributed by atoms with Crippen LogP contribution in [0.4, 0.5) is 0 Å². The van der Waals surface area contributed by atoms with Crippen LogP contribution in [0.15, 0.2) is 48.5 Å². The van der Waals surface area contributed by atoms with Crippen LogP contribution in [0.1, 0.15) is 28.8 Å². The third-order valence-electron chi connectivity index (χ3n) is 5.74. The van der Waals surface area contributed by atoms with E-state index < -0.39 is 5.97 Å². The van der Waals surface area contributed by atoms with Crippen LogP contribution in [0.5, 0.6) is 11.5 Å². The molecule has 6 nitrogen and oxygen atoms in total. The lowest BCUT2D eigenvalue weighted by Gasteiger charge is -2.45. The number of ether oxygens (including phenoxy) is 1. The van der Waals surface area contributed by atoms with Crippen LogP contribution in [-0.2, 0) is 6.54 Å². The lowest BCUT2D eigenvalue weighted by Crippen LogP contribution is -2.63. The number of nitrogens with one attached hydrogen (secondary N) is 2. The fraction of sp³-hybridized carbons (Fsp3) is 0.409. The minimum Gasteiger partial charge on any atom is -0.478 e. The van der Waals surface area contributed by atoms with Crippen LogP contribution in [0.3, 0.4) is 0 Å². The normalized spacial score (nSPS) is 18.8. The molecule has 2 aliphatic rings. The van der Waals surface area contributed by atoms with E-state index in [1.54, 1.807) is 24.3 Å². The zero-order valence-electron chi connectivity index (χ0n) is 16.4. The Kier molecular flexibility index (Phi) is 7.14. The number of piperidine rings is 1. The molecule has 156 valence electrons. The number of aromatic carboxylic acids is 1. The summed E-state index contributed by atoms with van der Waals surface area (Å²) in [5.41, 5.74) is 1.83. The van der Waals surface area contributed by atoms with Crippen molar-refractivity contribution < 1.29 is 14.6 Å². The van der Waals surface area contributed by atoms with Crippen molar-refractivity contribution in [3.8, 4) is 11.5 Å². The Morgan fingerprint density at radius 2 is 1.62 bits per heavy atom. The van der Waals surface area contributed by atoms with E-state index in [0.717, 1.165) is 45.0 Å². The number of piperazine rings is 1. The summed E-state index contributed by atoms with van der Waals surface area (Å²) in [4.78, 5) is 13.4.